The van der Waals surface area contributed by atoms with Gasteiger partial charge in [0, 0.05) is 19.2 Å². The van der Waals surface area contributed by atoms with E-state index in [1.807, 2.05) is 32.2 Å². The van der Waals surface area contributed by atoms with Gasteiger partial charge < -0.3 is 10.6 Å². The van der Waals surface area contributed by atoms with Crippen LogP contribution in [0.2, 0.25) is 0 Å². The number of hydrogen-bond acceptors (Lipinski definition) is 2. The lowest BCUT2D eigenvalue weighted by Crippen LogP contribution is -2.34. The molecule has 0 radical (unpaired) electrons. The van der Waals surface area contributed by atoms with E-state index >= 15 is 0 Å². The van der Waals surface area contributed by atoms with Gasteiger partial charge in [0.2, 0.25) is 0 Å². The zero-order valence-corrected chi connectivity index (χ0v) is 13.1. The molecular weight excluding hydrogens is 248 g/mol. The first-order chi connectivity index (χ1) is 9.24. The predicted octanol–water partition coefficient (Wildman–Crippen LogP) is 2.42. The first-order valence-corrected chi connectivity index (χ1v) is 6.79. The summed E-state index contributed by atoms with van der Waals surface area (Å²) < 4.78 is 0. The van der Waals surface area contributed by atoms with Crippen LogP contribution in [0.3, 0.4) is 0 Å². The van der Waals surface area contributed by atoms with Crippen molar-refractivity contribution in [1.82, 2.24) is 4.90 Å². The van der Waals surface area contributed by atoms with Gasteiger partial charge in [-0.25, -0.2) is 0 Å². The minimum atomic E-state index is 0.00458. The first-order valence-electron chi connectivity index (χ1n) is 6.79. The maximum Gasteiger partial charge on any atom is 0.254 e. The quantitative estimate of drug-likeness (QED) is 0.840. The molecule has 0 saturated carbocycles. The standard InChI is InChI=1S/C17H24N2O/c1-13-8-9-14(7-6-10-18)15(11-13)16(20)19(5)12-17(2,3)4/h8-9,11H,10,12,18H2,1-5H3. The van der Waals surface area contributed by atoms with Gasteiger partial charge in [0.05, 0.1) is 12.1 Å². The molecule has 1 aromatic rings. The molecule has 1 amide bonds. The molecule has 0 bridgehead atoms. The lowest BCUT2D eigenvalue weighted by Gasteiger charge is -2.27. The van der Waals surface area contributed by atoms with Crippen molar-refractivity contribution >= 4 is 5.91 Å². The highest BCUT2D eigenvalue weighted by Crippen LogP contribution is 2.18. The van der Waals surface area contributed by atoms with E-state index in [0.717, 1.165) is 11.1 Å². The van der Waals surface area contributed by atoms with Crippen molar-refractivity contribution in [3.8, 4) is 11.8 Å². The maximum absolute atomic E-state index is 12.6. The zero-order chi connectivity index (χ0) is 15.3. The second kappa shape index (κ2) is 6.58. The smallest absolute Gasteiger partial charge is 0.254 e. The molecule has 0 aromatic heterocycles. The Bertz CT molecular complexity index is 544. The van der Waals surface area contributed by atoms with E-state index in [1.54, 1.807) is 4.90 Å². The average Bonchev–Trinajstić information content (AvgIpc) is 2.34. The van der Waals surface area contributed by atoms with Gasteiger partial charge >= 0.3 is 0 Å². The van der Waals surface area contributed by atoms with Crippen LogP contribution in [-0.2, 0) is 0 Å². The highest BCUT2D eigenvalue weighted by Gasteiger charge is 2.20. The van der Waals surface area contributed by atoms with Crippen LogP contribution in [0, 0.1) is 24.2 Å². The number of aryl methyl sites for hydroxylation is 1. The Hall–Kier alpha value is -1.79. The second-order valence-electron chi connectivity index (χ2n) is 6.28. The summed E-state index contributed by atoms with van der Waals surface area (Å²) in [6.45, 7) is 9.30. The van der Waals surface area contributed by atoms with Crippen molar-refractivity contribution in [2.75, 3.05) is 20.1 Å². The van der Waals surface area contributed by atoms with E-state index in [4.69, 9.17) is 5.73 Å². The zero-order valence-electron chi connectivity index (χ0n) is 13.1. The summed E-state index contributed by atoms with van der Waals surface area (Å²) in [7, 11) is 1.83. The van der Waals surface area contributed by atoms with E-state index in [-0.39, 0.29) is 11.3 Å². The molecule has 3 nitrogen and oxygen atoms in total. The normalized spacial score (nSPS) is 10.7. The number of benzene rings is 1. The Morgan fingerprint density at radius 2 is 2.00 bits per heavy atom. The summed E-state index contributed by atoms with van der Waals surface area (Å²) in [6.07, 6.45) is 0. The fraction of sp³-hybridized carbons (Fsp3) is 0.471. The highest BCUT2D eigenvalue weighted by atomic mass is 16.2. The van der Waals surface area contributed by atoms with Gasteiger partial charge in [0.1, 0.15) is 0 Å². The number of hydrogen-bond donors (Lipinski definition) is 1. The van der Waals surface area contributed by atoms with Crippen LogP contribution in [0.4, 0.5) is 0 Å². The van der Waals surface area contributed by atoms with Gasteiger partial charge in [0.25, 0.3) is 5.91 Å². The summed E-state index contributed by atoms with van der Waals surface area (Å²) in [4.78, 5) is 14.3. The molecular formula is C17H24N2O. The second-order valence-corrected chi connectivity index (χ2v) is 6.28. The fourth-order valence-corrected chi connectivity index (χ4v) is 2.08. The minimum Gasteiger partial charge on any atom is -0.341 e. The third kappa shape index (κ3) is 4.71. The van der Waals surface area contributed by atoms with Crippen LogP contribution >= 0.6 is 0 Å². The predicted molar refractivity (Wildman–Crippen MR) is 83.5 cm³/mol. The average molecular weight is 272 g/mol. The van der Waals surface area contributed by atoms with Crippen LogP contribution in [-0.4, -0.2) is 30.9 Å². The largest absolute Gasteiger partial charge is 0.341 e. The minimum absolute atomic E-state index is 0.00458. The third-order valence-corrected chi connectivity index (χ3v) is 2.79. The molecule has 1 aromatic carbocycles. The summed E-state index contributed by atoms with van der Waals surface area (Å²) in [5.74, 6) is 5.79. The summed E-state index contributed by atoms with van der Waals surface area (Å²) in [5, 5.41) is 0. The van der Waals surface area contributed by atoms with Crippen molar-refractivity contribution in [3.63, 3.8) is 0 Å². The van der Waals surface area contributed by atoms with E-state index in [0.29, 0.717) is 18.7 Å². The Morgan fingerprint density at radius 1 is 1.35 bits per heavy atom. The van der Waals surface area contributed by atoms with E-state index in [9.17, 15) is 4.79 Å². The molecule has 0 fully saturated rings. The Balaban J connectivity index is 3.11. The Kier molecular flexibility index (Phi) is 5.35. The molecule has 0 heterocycles. The number of nitrogens with zero attached hydrogens (tertiary/aromatic N) is 1. The molecule has 3 heteroatoms. The van der Waals surface area contributed by atoms with Gasteiger partial charge in [0.15, 0.2) is 0 Å². The Morgan fingerprint density at radius 3 is 2.55 bits per heavy atom. The summed E-state index contributed by atoms with van der Waals surface area (Å²) in [6, 6.07) is 5.74. The molecule has 0 aliphatic carbocycles. The molecule has 0 atom stereocenters. The number of amides is 1. The van der Waals surface area contributed by atoms with Crippen molar-refractivity contribution in [2.24, 2.45) is 11.1 Å². The SMILES string of the molecule is Cc1ccc(C#CCN)c(C(=O)N(C)CC(C)(C)C)c1. The van der Waals surface area contributed by atoms with Crippen LogP contribution in [0.25, 0.3) is 0 Å². The molecule has 20 heavy (non-hydrogen) atoms. The van der Waals surface area contributed by atoms with Gasteiger partial charge in [-0.05, 0) is 24.5 Å². The summed E-state index contributed by atoms with van der Waals surface area (Å²) >= 11 is 0. The van der Waals surface area contributed by atoms with Crippen LogP contribution in [0.15, 0.2) is 18.2 Å². The van der Waals surface area contributed by atoms with E-state index < -0.39 is 0 Å². The lowest BCUT2D eigenvalue weighted by molar-refractivity contribution is 0.0745. The number of carbonyl (C=O) groups is 1. The highest BCUT2D eigenvalue weighted by molar-refractivity contribution is 5.96. The van der Waals surface area contributed by atoms with Crippen LogP contribution < -0.4 is 5.73 Å². The monoisotopic (exact) mass is 272 g/mol. The fourth-order valence-electron chi connectivity index (χ4n) is 2.08. The molecule has 0 unspecified atom stereocenters. The lowest BCUT2D eigenvalue weighted by atomic mass is 9.95. The Labute approximate surface area is 122 Å². The first kappa shape index (κ1) is 16.3. The molecule has 2 N–H and O–H groups in total. The summed E-state index contributed by atoms with van der Waals surface area (Å²) in [5.41, 5.74) is 7.92. The van der Waals surface area contributed by atoms with E-state index in [2.05, 4.69) is 32.6 Å². The molecule has 0 spiro atoms. The van der Waals surface area contributed by atoms with Gasteiger partial charge in [-0.3, -0.25) is 4.79 Å². The van der Waals surface area contributed by atoms with Crippen molar-refractivity contribution in [2.45, 2.75) is 27.7 Å². The molecule has 108 valence electrons. The van der Waals surface area contributed by atoms with Gasteiger partial charge in [-0.1, -0.05) is 44.2 Å². The number of rotatable bonds is 2. The van der Waals surface area contributed by atoms with Crippen LogP contribution in [0.1, 0.15) is 42.3 Å². The van der Waals surface area contributed by atoms with Gasteiger partial charge in [-0.15, -0.1) is 0 Å². The molecule has 0 aliphatic rings. The van der Waals surface area contributed by atoms with E-state index in [1.165, 1.54) is 0 Å². The number of nitrogens with two attached hydrogens (primary N) is 1. The molecule has 1 rings (SSSR count). The topological polar surface area (TPSA) is 46.3 Å². The van der Waals surface area contributed by atoms with Gasteiger partial charge in [-0.2, -0.15) is 0 Å². The maximum atomic E-state index is 12.6. The molecule has 0 aliphatic heterocycles. The number of carbonyl (C=O) groups excluding carboxylic acids is 1. The molecule has 0 saturated heterocycles. The van der Waals surface area contributed by atoms with Crippen molar-refractivity contribution < 1.29 is 4.79 Å². The van der Waals surface area contributed by atoms with Crippen LogP contribution in [0.5, 0.6) is 0 Å². The van der Waals surface area contributed by atoms with Crippen molar-refractivity contribution in [3.05, 3.63) is 34.9 Å². The third-order valence-electron chi connectivity index (χ3n) is 2.79. The van der Waals surface area contributed by atoms with Crippen molar-refractivity contribution in [1.29, 1.82) is 0 Å².